The Kier molecular flexibility index (Phi) is 4.37. The number of amides is 1. The topological polar surface area (TPSA) is 64.3 Å². The molecule has 2 aromatic rings. The molecule has 0 radical (unpaired) electrons. The van der Waals surface area contributed by atoms with Gasteiger partial charge in [0.1, 0.15) is 5.82 Å². The number of carbonyl (C=O) groups excluding carboxylic acids is 1. The molecule has 0 aromatic heterocycles. The van der Waals surface area contributed by atoms with Gasteiger partial charge in [0.25, 0.3) is 5.91 Å². The standard InChI is InChI=1S/C15H14F2N2O2/c1-2-21-14-6-4-10(8-12(14)17)19-15(20)9-3-5-11(16)13(18)7-9/h3-8H,2,18H2,1H3,(H,19,20). The van der Waals surface area contributed by atoms with Crippen LogP contribution in [-0.2, 0) is 0 Å². The van der Waals surface area contributed by atoms with Crippen LogP contribution in [0.3, 0.4) is 0 Å². The predicted octanol–water partition coefficient (Wildman–Crippen LogP) is 3.20. The van der Waals surface area contributed by atoms with Crippen LogP contribution in [0.25, 0.3) is 0 Å². The summed E-state index contributed by atoms with van der Waals surface area (Å²) in [5.41, 5.74) is 5.72. The number of rotatable bonds is 4. The lowest BCUT2D eigenvalue weighted by Gasteiger charge is -2.09. The summed E-state index contributed by atoms with van der Waals surface area (Å²) in [5.74, 6) is -1.57. The summed E-state index contributed by atoms with van der Waals surface area (Å²) in [4.78, 5) is 12.0. The molecule has 0 heterocycles. The lowest BCUT2D eigenvalue weighted by atomic mass is 10.1. The van der Waals surface area contributed by atoms with Crippen LogP contribution in [0, 0.1) is 11.6 Å². The van der Waals surface area contributed by atoms with Crippen LogP contribution in [0.5, 0.6) is 5.75 Å². The average Bonchev–Trinajstić information content (AvgIpc) is 2.45. The zero-order valence-electron chi connectivity index (χ0n) is 11.3. The number of halogens is 2. The molecule has 2 aromatic carbocycles. The summed E-state index contributed by atoms with van der Waals surface area (Å²) in [6, 6.07) is 7.70. The lowest BCUT2D eigenvalue weighted by Crippen LogP contribution is -2.12. The Bertz CT molecular complexity index is 675. The Hall–Kier alpha value is -2.63. The molecule has 0 saturated heterocycles. The van der Waals surface area contributed by atoms with Crippen molar-refractivity contribution in [3.63, 3.8) is 0 Å². The Morgan fingerprint density at radius 1 is 1.19 bits per heavy atom. The number of carbonyl (C=O) groups is 1. The minimum absolute atomic E-state index is 0.113. The van der Waals surface area contributed by atoms with Crippen molar-refractivity contribution in [2.75, 3.05) is 17.7 Å². The van der Waals surface area contributed by atoms with Crippen LogP contribution in [0.15, 0.2) is 36.4 Å². The largest absolute Gasteiger partial charge is 0.491 e. The Morgan fingerprint density at radius 3 is 2.57 bits per heavy atom. The third-order valence-electron chi connectivity index (χ3n) is 2.75. The van der Waals surface area contributed by atoms with Crippen molar-refractivity contribution >= 4 is 17.3 Å². The van der Waals surface area contributed by atoms with Gasteiger partial charge >= 0.3 is 0 Å². The number of nitrogens with one attached hydrogen (secondary N) is 1. The third kappa shape index (κ3) is 3.47. The van der Waals surface area contributed by atoms with Crippen LogP contribution >= 0.6 is 0 Å². The summed E-state index contributed by atoms with van der Waals surface area (Å²) in [5, 5.41) is 2.50. The van der Waals surface area contributed by atoms with Gasteiger partial charge in [-0.25, -0.2) is 8.78 Å². The third-order valence-corrected chi connectivity index (χ3v) is 2.75. The van der Waals surface area contributed by atoms with E-state index in [2.05, 4.69) is 5.32 Å². The molecular formula is C15H14F2N2O2. The number of anilines is 2. The van der Waals surface area contributed by atoms with Crippen molar-refractivity contribution in [2.24, 2.45) is 0 Å². The molecule has 0 aliphatic carbocycles. The maximum absolute atomic E-state index is 13.7. The number of nitrogens with two attached hydrogens (primary N) is 1. The Labute approximate surface area is 120 Å². The second-order valence-electron chi connectivity index (χ2n) is 4.27. The zero-order valence-corrected chi connectivity index (χ0v) is 11.3. The normalized spacial score (nSPS) is 10.2. The first kappa shape index (κ1) is 14.8. The monoisotopic (exact) mass is 292 g/mol. The summed E-state index contributed by atoms with van der Waals surface area (Å²) >= 11 is 0. The molecule has 1 amide bonds. The fourth-order valence-electron chi connectivity index (χ4n) is 1.74. The smallest absolute Gasteiger partial charge is 0.255 e. The molecule has 0 aliphatic heterocycles. The van der Waals surface area contributed by atoms with Crippen LogP contribution in [0.2, 0.25) is 0 Å². The first-order valence-corrected chi connectivity index (χ1v) is 6.30. The van der Waals surface area contributed by atoms with E-state index in [0.717, 1.165) is 12.1 Å². The van der Waals surface area contributed by atoms with Gasteiger partial charge in [-0.3, -0.25) is 4.79 Å². The van der Waals surface area contributed by atoms with E-state index >= 15 is 0 Å². The van der Waals surface area contributed by atoms with Gasteiger partial charge in [0.05, 0.1) is 12.3 Å². The van der Waals surface area contributed by atoms with Crippen LogP contribution in [0.1, 0.15) is 17.3 Å². The molecule has 0 unspecified atom stereocenters. The number of nitrogen functional groups attached to an aromatic ring is 1. The molecule has 0 spiro atoms. The number of benzene rings is 2. The first-order valence-electron chi connectivity index (χ1n) is 6.30. The molecular weight excluding hydrogens is 278 g/mol. The highest BCUT2D eigenvalue weighted by Gasteiger charge is 2.10. The predicted molar refractivity (Wildman–Crippen MR) is 76.3 cm³/mol. The highest BCUT2D eigenvalue weighted by molar-refractivity contribution is 6.04. The van der Waals surface area contributed by atoms with Gasteiger partial charge in [-0.2, -0.15) is 0 Å². The summed E-state index contributed by atoms with van der Waals surface area (Å²) < 4.78 is 31.8. The van der Waals surface area contributed by atoms with Crippen LogP contribution < -0.4 is 15.8 Å². The minimum atomic E-state index is -0.598. The molecule has 21 heavy (non-hydrogen) atoms. The summed E-state index contributed by atoms with van der Waals surface area (Å²) in [6.45, 7) is 2.09. The number of hydrogen-bond donors (Lipinski definition) is 2. The van der Waals surface area contributed by atoms with Gasteiger partial charge in [-0.15, -0.1) is 0 Å². The average molecular weight is 292 g/mol. The van der Waals surface area contributed by atoms with E-state index in [9.17, 15) is 13.6 Å². The van der Waals surface area contributed by atoms with E-state index in [1.807, 2.05) is 0 Å². The van der Waals surface area contributed by atoms with Gasteiger partial charge < -0.3 is 15.8 Å². The van der Waals surface area contributed by atoms with E-state index in [1.54, 1.807) is 6.92 Å². The van der Waals surface area contributed by atoms with Crippen molar-refractivity contribution < 1.29 is 18.3 Å². The minimum Gasteiger partial charge on any atom is -0.491 e. The van der Waals surface area contributed by atoms with Crippen LogP contribution in [-0.4, -0.2) is 12.5 Å². The van der Waals surface area contributed by atoms with Crippen molar-refractivity contribution in [3.05, 3.63) is 53.6 Å². The molecule has 3 N–H and O–H groups in total. The van der Waals surface area contributed by atoms with Crippen molar-refractivity contribution in [2.45, 2.75) is 6.92 Å². The quantitative estimate of drug-likeness (QED) is 0.851. The molecule has 4 nitrogen and oxygen atoms in total. The highest BCUT2D eigenvalue weighted by atomic mass is 19.1. The van der Waals surface area contributed by atoms with E-state index in [0.29, 0.717) is 6.61 Å². The van der Waals surface area contributed by atoms with Crippen molar-refractivity contribution in [3.8, 4) is 5.75 Å². The fraction of sp³-hybridized carbons (Fsp3) is 0.133. The van der Waals surface area contributed by atoms with E-state index in [-0.39, 0.29) is 22.7 Å². The van der Waals surface area contributed by atoms with Crippen molar-refractivity contribution in [1.82, 2.24) is 0 Å². The first-order chi connectivity index (χ1) is 10.0. The highest BCUT2D eigenvalue weighted by Crippen LogP contribution is 2.22. The molecule has 0 atom stereocenters. The number of ether oxygens (including phenoxy) is 1. The SMILES string of the molecule is CCOc1ccc(NC(=O)c2ccc(F)c(N)c2)cc1F. The summed E-state index contributed by atoms with van der Waals surface area (Å²) in [7, 11) is 0. The zero-order chi connectivity index (χ0) is 15.4. The Morgan fingerprint density at radius 2 is 1.95 bits per heavy atom. The maximum Gasteiger partial charge on any atom is 0.255 e. The van der Waals surface area contributed by atoms with Crippen LogP contribution in [0.4, 0.5) is 20.2 Å². The van der Waals surface area contributed by atoms with E-state index in [4.69, 9.17) is 10.5 Å². The Balaban J connectivity index is 2.15. The molecule has 0 bridgehead atoms. The molecule has 0 saturated carbocycles. The van der Waals surface area contributed by atoms with Crippen molar-refractivity contribution in [1.29, 1.82) is 0 Å². The molecule has 6 heteroatoms. The second-order valence-corrected chi connectivity index (χ2v) is 4.27. The summed E-state index contributed by atoms with van der Waals surface area (Å²) in [6.07, 6.45) is 0. The van der Waals surface area contributed by atoms with Gasteiger partial charge in [0, 0.05) is 17.3 Å². The molecule has 110 valence electrons. The number of hydrogen-bond acceptors (Lipinski definition) is 3. The molecule has 2 rings (SSSR count). The van der Waals surface area contributed by atoms with Gasteiger partial charge in [-0.1, -0.05) is 0 Å². The second kappa shape index (κ2) is 6.21. The maximum atomic E-state index is 13.7. The van der Waals surface area contributed by atoms with Gasteiger partial charge in [0.15, 0.2) is 11.6 Å². The lowest BCUT2D eigenvalue weighted by molar-refractivity contribution is 0.102. The molecule has 0 fully saturated rings. The van der Waals surface area contributed by atoms with E-state index < -0.39 is 17.5 Å². The van der Waals surface area contributed by atoms with Gasteiger partial charge in [-0.05, 0) is 37.3 Å². The fourth-order valence-corrected chi connectivity index (χ4v) is 1.74. The molecule has 0 aliphatic rings. The van der Waals surface area contributed by atoms with E-state index in [1.165, 1.54) is 24.3 Å². The van der Waals surface area contributed by atoms with Gasteiger partial charge in [0.2, 0.25) is 0 Å².